The third-order valence-electron chi connectivity index (χ3n) is 6.14. The van der Waals surface area contributed by atoms with Crippen molar-refractivity contribution in [2.24, 2.45) is 0 Å². The Morgan fingerprint density at radius 1 is 0.897 bits per heavy atom. The number of esters is 1. The standard InChI is InChI=1S/C32H38N2O5/c1-31(2,3)39-29(35)32(4,5)38-26-13-9-11-23(21-26)12-10-20-34(22-24-16-18-25(36-6)19-17-24)30-33-27-14-7-8-15-28(27)37-30/h7-9,11,13-19,21H,10,12,20,22H2,1-6H3. The van der Waals surface area contributed by atoms with E-state index >= 15 is 0 Å². The lowest BCUT2D eigenvalue weighted by Gasteiger charge is -2.29. The molecule has 4 aromatic rings. The lowest BCUT2D eigenvalue weighted by atomic mass is 10.1. The van der Waals surface area contributed by atoms with E-state index in [-0.39, 0.29) is 0 Å². The highest BCUT2D eigenvalue weighted by Crippen LogP contribution is 2.26. The number of benzene rings is 3. The van der Waals surface area contributed by atoms with Crippen LogP contribution >= 0.6 is 0 Å². The first-order valence-electron chi connectivity index (χ1n) is 13.3. The van der Waals surface area contributed by atoms with E-state index in [1.807, 2.05) is 75.4 Å². The fourth-order valence-electron chi connectivity index (χ4n) is 4.16. The number of oxazole rings is 1. The number of carbonyl (C=O) groups is 1. The fourth-order valence-corrected chi connectivity index (χ4v) is 4.16. The summed E-state index contributed by atoms with van der Waals surface area (Å²) in [6.45, 7) is 10.4. The second-order valence-electron chi connectivity index (χ2n) is 11.1. The van der Waals surface area contributed by atoms with Crippen LogP contribution in [0, 0.1) is 0 Å². The van der Waals surface area contributed by atoms with E-state index in [4.69, 9.17) is 23.6 Å². The maximum atomic E-state index is 12.6. The number of anilines is 1. The number of aryl methyl sites for hydroxylation is 1. The number of carbonyl (C=O) groups excluding carboxylic acids is 1. The number of hydrogen-bond acceptors (Lipinski definition) is 7. The van der Waals surface area contributed by atoms with Crippen molar-refractivity contribution in [1.82, 2.24) is 4.98 Å². The first-order valence-corrected chi connectivity index (χ1v) is 13.3. The molecule has 0 bridgehead atoms. The molecule has 0 N–H and O–H groups in total. The van der Waals surface area contributed by atoms with Gasteiger partial charge in [-0.3, -0.25) is 0 Å². The van der Waals surface area contributed by atoms with Crippen LogP contribution in [0.3, 0.4) is 0 Å². The fraction of sp³-hybridized carbons (Fsp3) is 0.375. The third-order valence-corrected chi connectivity index (χ3v) is 6.14. The van der Waals surface area contributed by atoms with Crippen molar-refractivity contribution in [2.75, 3.05) is 18.6 Å². The molecule has 0 saturated heterocycles. The van der Waals surface area contributed by atoms with Gasteiger partial charge in [0.15, 0.2) is 11.2 Å². The van der Waals surface area contributed by atoms with Crippen LogP contribution in [0.5, 0.6) is 11.5 Å². The number of nitrogens with zero attached hydrogens (tertiary/aromatic N) is 2. The summed E-state index contributed by atoms with van der Waals surface area (Å²) in [5.74, 6) is 1.06. The smallest absolute Gasteiger partial charge is 0.350 e. The molecule has 0 fully saturated rings. The van der Waals surface area contributed by atoms with Crippen molar-refractivity contribution in [3.05, 3.63) is 83.9 Å². The van der Waals surface area contributed by atoms with Gasteiger partial charge in [0.2, 0.25) is 0 Å². The molecular formula is C32H38N2O5. The number of hydrogen-bond donors (Lipinski definition) is 0. The summed E-state index contributed by atoms with van der Waals surface area (Å²) in [7, 11) is 1.66. The van der Waals surface area contributed by atoms with Crippen molar-refractivity contribution >= 4 is 23.1 Å². The minimum Gasteiger partial charge on any atom is -0.497 e. The maximum Gasteiger partial charge on any atom is 0.350 e. The van der Waals surface area contributed by atoms with Crippen molar-refractivity contribution in [1.29, 1.82) is 0 Å². The molecule has 0 aliphatic heterocycles. The Morgan fingerprint density at radius 3 is 2.33 bits per heavy atom. The Balaban J connectivity index is 1.44. The predicted octanol–water partition coefficient (Wildman–Crippen LogP) is 6.97. The normalized spacial score (nSPS) is 11.8. The molecule has 1 heterocycles. The number of methoxy groups -OCH3 is 1. The molecule has 206 valence electrons. The quantitative estimate of drug-likeness (QED) is 0.194. The lowest BCUT2D eigenvalue weighted by molar-refractivity contribution is -0.170. The Morgan fingerprint density at radius 2 is 1.64 bits per heavy atom. The van der Waals surface area contributed by atoms with E-state index in [1.54, 1.807) is 21.0 Å². The van der Waals surface area contributed by atoms with E-state index in [2.05, 4.69) is 23.1 Å². The summed E-state index contributed by atoms with van der Waals surface area (Å²) >= 11 is 0. The zero-order valence-corrected chi connectivity index (χ0v) is 23.7. The van der Waals surface area contributed by atoms with E-state index in [0.717, 1.165) is 47.4 Å². The highest BCUT2D eigenvalue weighted by molar-refractivity contribution is 5.79. The molecule has 4 rings (SSSR count). The summed E-state index contributed by atoms with van der Waals surface area (Å²) in [5.41, 5.74) is 2.18. The average Bonchev–Trinajstić information content (AvgIpc) is 3.32. The second kappa shape index (κ2) is 11.8. The van der Waals surface area contributed by atoms with Crippen molar-refractivity contribution in [3.63, 3.8) is 0 Å². The molecule has 39 heavy (non-hydrogen) atoms. The van der Waals surface area contributed by atoms with Crippen LogP contribution in [0.4, 0.5) is 6.01 Å². The summed E-state index contributed by atoms with van der Waals surface area (Å²) in [6.07, 6.45) is 1.69. The number of fused-ring (bicyclic) bond motifs is 1. The summed E-state index contributed by atoms with van der Waals surface area (Å²) < 4.78 is 23.0. The van der Waals surface area contributed by atoms with Crippen molar-refractivity contribution in [2.45, 2.75) is 65.2 Å². The van der Waals surface area contributed by atoms with E-state index in [9.17, 15) is 4.79 Å². The Bertz CT molecular complexity index is 1350. The van der Waals surface area contributed by atoms with Gasteiger partial charge in [0.05, 0.1) is 7.11 Å². The first-order chi connectivity index (χ1) is 18.5. The Labute approximate surface area is 230 Å². The second-order valence-corrected chi connectivity index (χ2v) is 11.1. The van der Waals surface area contributed by atoms with Gasteiger partial charge in [-0.2, -0.15) is 4.98 Å². The number of aromatic nitrogens is 1. The minimum atomic E-state index is -1.10. The summed E-state index contributed by atoms with van der Waals surface area (Å²) in [5, 5.41) is 0. The zero-order valence-electron chi connectivity index (χ0n) is 23.7. The monoisotopic (exact) mass is 530 g/mol. The molecule has 0 aliphatic carbocycles. The van der Waals surface area contributed by atoms with Crippen LogP contribution in [0.15, 0.2) is 77.2 Å². The molecule has 0 atom stereocenters. The SMILES string of the molecule is COc1ccc(CN(CCCc2cccc(OC(C)(C)C(=O)OC(C)(C)C)c2)c2nc3ccccc3o2)cc1. The number of ether oxygens (including phenoxy) is 3. The van der Waals surface area contributed by atoms with Gasteiger partial charge in [-0.15, -0.1) is 0 Å². The Kier molecular flexibility index (Phi) is 8.48. The van der Waals surface area contributed by atoms with E-state index in [1.165, 1.54) is 0 Å². The molecule has 0 aliphatic rings. The maximum absolute atomic E-state index is 12.6. The molecule has 7 heteroatoms. The molecule has 7 nitrogen and oxygen atoms in total. The van der Waals surface area contributed by atoms with Gasteiger partial charge < -0.3 is 23.5 Å². The van der Waals surface area contributed by atoms with Gasteiger partial charge in [-0.05, 0) is 95.0 Å². The van der Waals surface area contributed by atoms with Crippen LogP contribution < -0.4 is 14.4 Å². The molecule has 0 saturated carbocycles. The zero-order chi connectivity index (χ0) is 28.0. The largest absolute Gasteiger partial charge is 0.497 e. The van der Waals surface area contributed by atoms with Crippen LogP contribution in [0.1, 0.15) is 52.2 Å². The van der Waals surface area contributed by atoms with Crippen molar-refractivity contribution < 1.29 is 23.4 Å². The van der Waals surface area contributed by atoms with E-state index in [0.29, 0.717) is 18.3 Å². The van der Waals surface area contributed by atoms with Gasteiger partial charge in [0.25, 0.3) is 6.01 Å². The van der Waals surface area contributed by atoms with Crippen LogP contribution in [0.25, 0.3) is 11.1 Å². The summed E-state index contributed by atoms with van der Waals surface area (Å²) in [6, 6.07) is 24.3. The predicted molar refractivity (Wildman–Crippen MR) is 153 cm³/mol. The van der Waals surface area contributed by atoms with Crippen LogP contribution in [-0.2, 0) is 22.5 Å². The van der Waals surface area contributed by atoms with Crippen molar-refractivity contribution in [3.8, 4) is 11.5 Å². The molecule has 1 aromatic heterocycles. The van der Waals surface area contributed by atoms with Crippen LogP contribution in [-0.4, -0.2) is 35.8 Å². The third kappa shape index (κ3) is 7.76. The molecule has 3 aromatic carbocycles. The molecule has 0 spiro atoms. The van der Waals surface area contributed by atoms with Gasteiger partial charge in [0.1, 0.15) is 22.6 Å². The highest BCUT2D eigenvalue weighted by atomic mass is 16.6. The first kappa shape index (κ1) is 28.0. The minimum absolute atomic E-state index is 0.395. The van der Waals surface area contributed by atoms with Gasteiger partial charge >= 0.3 is 5.97 Å². The van der Waals surface area contributed by atoms with Gasteiger partial charge in [-0.25, -0.2) is 4.79 Å². The van der Waals surface area contributed by atoms with E-state index < -0.39 is 17.2 Å². The highest BCUT2D eigenvalue weighted by Gasteiger charge is 2.34. The van der Waals surface area contributed by atoms with Gasteiger partial charge in [0, 0.05) is 13.1 Å². The molecule has 0 amide bonds. The Hall–Kier alpha value is -4.00. The average molecular weight is 531 g/mol. The number of para-hydroxylation sites is 2. The van der Waals surface area contributed by atoms with Crippen LogP contribution in [0.2, 0.25) is 0 Å². The topological polar surface area (TPSA) is 74.0 Å². The molecule has 0 radical (unpaired) electrons. The lowest BCUT2D eigenvalue weighted by Crippen LogP contribution is -2.43. The molecular weight excluding hydrogens is 492 g/mol. The summed E-state index contributed by atoms with van der Waals surface area (Å²) in [4.78, 5) is 19.5. The molecule has 0 unspecified atom stereocenters. The van der Waals surface area contributed by atoms with Gasteiger partial charge in [-0.1, -0.05) is 36.4 Å². The number of rotatable bonds is 11.